The molecule has 0 spiro atoms. The van der Waals surface area contributed by atoms with Crippen molar-refractivity contribution in [3.8, 4) is 5.75 Å². The summed E-state index contributed by atoms with van der Waals surface area (Å²) in [5.74, 6) is 5.47. The summed E-state index contributed by atoms with van der Waals surface area (Å²) in [5, 5.41) is 3.06. The summed E-state index contributed by atoms with van der Waals surface area (Å²) < 4.78 is 18.6. The maximum Gasteiger partial charge on any atom is 0.165 e. The van der Waals surface area contributed by atoms with E-state index >= 15 is 0 Å². The first-order chi connectivity index (χ1) is 9.62. The number of rotatable bonds is 6. The SMILES string of the molecule is COc1ccc(CC(Cc2csc(C)n2)NN)cc1F. The van der Waals surface area contributed by atoms with Crippen molar-refractivity contribution in [2.75, 3.05) is 7.11 Å². The van der Waals surface area contributed by atoms with Gasteiger partial charge in [-0.2, -0.15) is 0 Å². The van der Waals surface area contributed by atoms with Gasteiger partial charge in [-0.05, 0) is 31.0 Å². The van der Waals surface area contributed by atoms with E-state index in [4.69, 9.17) is 10.6 Å². The number of halogens is 1. The molecule has 1 aromatic heterocycles. The third kappa shape index (κ3) is 3.75. The Labute approximate surface area is 121 Å². The Morgan fingerprint density at radius 2 is 2.25 bits per heavy atom. The lowest BCUT2D eigenvalue weighted by atomic mass is 10.0. The maximum atomic E-state index is 13.6. The molecule has 0 amide bonds. The Morgan fingerprint density at radius 1 is 1.45 bits per heavy atom. The van der Waals surface area contributed by atoms with Gasteiger partial charge in [0, 0.05) is 17.8 Å². The van der Waals surface area contributed by atoms with Gasteiger partial charge in [0.05, 0.1) is 17.8 Å². The van der Waals surface area contributed by atoms with Gasteiger partial charge in [-0.25, -0.2) is 9.37 Å². The normalized spacial score (nSPS) is 12.4. The largest absolute Gasteiger partial charge is 0.494 e. The number of nitrogens with one attached hydrogen (secondary N) is 1. The van der Waals surface area contributed by atoms with Crippen LogP contribution in [-0.2, 0) is 12.8 Å². The van der Waals surface area contributed by atoms with Crippen molar-refractivity contribution in [1.29, 1.82) is 0 Å². The second kappa shape index (κ2) is 6.78. The maximum absolute atomic E-state index is 13.6. The number of thiazole rings is 1. The molecule has 0 radical (unpaired) electrons. The standard InChI is InChI=1S/C14H18FN3OS/c1-9-17-12(8-20-9)7-11(18-16)5-10-3-4-14(19-2)13(15)6-10/h3-4,6,8,11,18H,5,7,16H2,1-2H3. The van der Waals surface area contributed by atoms with Crippen molar-refractivity contribution in [1.82, 2.24) is 10.4 Å². The Kier molecular flexibility index (Phi) is 5.05. The number of hydrogen-bond donors (Lipinski definition) is 2. The predicted molar refractivity (Wildman–Crippen MR) is 78.3 cm³/mol. The molecule has 2 aromatic rings. The summed E-state index contributed by atoms with van der Waals surface area (Å²) >= 11 is 1.61. The fourth-order valence-corrected chi connectivity index (χ4v) is 2.69. The molecule has 1 atom stereocenters. The summed E-state index contributed by atoms with van der Waals surface area (Å²) in [7, 11) is 1.45. The number of nitrogens with zero attached hydrogens (tertiary/aromatic N) is 1. The highest BCUT2D eigenvalue weighted by Crippen LogP contribution is 2.19. The number of nitrogens with two attached hydrogens (primary N) is 1. The smallest absolute Gasteiger partial charge is 0.165 e. The average molecular weight is 295 g/mol. The first-order valence-electron chi connectivity index (χ1n) is 6.32. The van der Waals surface area contributed by atoms with Crippen molar-refractivity contribution in [2.45, 2.75) is 25.8 Å². The van der Waals surface area contributed by atoms with Gasteiger partial charge in [0.25, 0.3) is 0 Å². The lowest BCUT2D eigenvalue weighted by Crippen LogP contribution is -2.38. The molecule has 0 bridgehead atoms. The van der Waals surface area contributed by atoms with Gasteiger partial charge in [0.2, 0.25) is 0 Å². The van der Waals surface area contributed by atoms with E-state index in [9.17, 15) is 4.39 Å². The molecule has 3 N–H and O–H groups in total. The lowest BCUT2D eigenvalue weighted by molar-refractivity contribution is 0.386. The highest BCUT2D eigenvalue weighted by molar-refractivity contribution is 7.09. The molecular weight excluding hydrogens is 277 g/mol. The lowest BCUT2D eigenvalue weighted by Gasteiger charge is -2.15. The molecule has 6 heteroatoms. The van der Waals surface area contributed by atoms with Gasteiger partial charge < -0.3 is 4.74 Å². The molecule has 20 heavy (non-hydrogen) atoms. The van der Waals surface area contributed by atoms with Gasteiger partial charge in [0.15, 0.2) is 11.6 Å². The van der Waals surface area contributed by atoms with Crippen molar-refractivity contribution in [3.63, 3.8) is 0 Å². The summed E-state index contributed by atoms with van der Waals surface area (Å²) in [6, 6.07) is 4.98. The third-order valence-electron chi connectivity index (χ3n) is 3.06. The van der Waals surface area contributed by atoms with Crippen molar-refractivity contribution in [2.24, 2.45) is 5.84 Å². The minimum Gasteiger partial charge on any atom is -0.494 e. The third-order valence-corrected chi connectivity index (χ3v) is 3.88. The predicted octanol–water partition coefficient (Wildman–Crippen LogP) is 2.22. The molecule has 1 heterocycles. The highest BCUT2D eigenvalue weighted by atomic mass is 32.1. The Bertz CT molecular complexity index is 573. The van der Waals surface area contributed by atoms with E-state index in [0.717, 1.165) is 16.3 Å². The fraction of sp³-hybridized carbons (Fsp3) is 0.357. The molecule has 2 rings (SSSR count). The second-order valence-corrected chi connectivity index (χ2v) is 5.66. The van der Waals surface area contributed by atoms with Crippen LogP contribution in [0.2, 0.25) is 0 Å². The van der Waals surface area contributed by atoms with Gasteiger partial charge in [-0.3, -0.25) is 11.3 Å². The van der Waals surface area contributed by atoms with Gasteiger partial charge in [-0.15, -0.1) is 11.3 Å². The van der Waals surface area contributed by atoms with Gasteiger partial charge in [0.1, 0.15) is 0 Å². The number of hydrazine groups is 1. The van der Waals surface area contributed by atoms with E-state index in [2.05, 4.69) is 10.4 Å². The molecule has 0 saturated heterocycles. The number of hydrogen-bond acceptors (Lipinski definition) is 5. The van der Waals surface area contributed by atoms with Gasteiger partial charge in [-0.1, -0.05) is 6.07 Å². The summed E-state index contributed by atoms with van der Waals surface area (Å²) in [4.78, 5) is 4.41. The Balaban J connectivity index is 2.04. The van der Waals surface area contributed by atoms with E-state index in [1.807, 2.05) is 18.4 Å². The first-order valence-corrected chi connectivity index (χ1v) is 7.20. The molecule has 0 saturated carbocycles. The summed E-state index contributed by atoms with van der Waals surface area (Å²) in [5.41, 5.74) is 4.64. The van der Waals surface area contributed by atoms with Crippen LogP contribution in [0, 0.1) is 12.7 Å². The van der Waals surface area contributed by atoms with Crippen LogP contribution in [0.5, 0.6) is 5.75 Å². The van der Waals surface area contributed by atoms with Gasteiger partial charge >= 0.3 is 0 Å². The minimum absolute atomic E-state index is 0.0179. The van der Waals surface area contributed by atoms with Crippen LogP contribution in [0.3, 0.4) is 0 Å². The van der Waals surface area contributed by atoms with Crippen LogP contribution in [-0.4, -0.2) is 18.1 Å². The molecule has 108 valence electrons. The van der Waals surface area contributed by atoms with E-state index in [1.54, 1.807) is 17.4 Å². The van der Waals surface area contributed by atoms with E-state index in [-0.39, 0.29) is 17.6 Å². The number of aromatic nitrogens is 1. The molecule has 4 nitrogen and oxygen atoms in total. The van der Waals surface area contributed by atoms with E-state index in [1.165, 1.54) is 13.2 Å². The molecule has 0 aliphatic carbocycles. The molecular formula is C14H18FN3OS. The topological polar surface area (TPSA) is 60.2 Å². The number of benzene rings is 1. The quantitative estimate of drug-likeness (QED) is 0.634. The van der Waals surface area contributed by atoms with Crippen molar-refractivity contribution >= 4 is 11.3 Å². The first kappa shape index (κ1) is 14.9. The van der Waals surface area contributed by atoms with E-state index < -0.39 is 0 Å². The van der Waals surface area contributed by atoms with E-state index in [0.29, 0.717) is 12.8 Å². The molecule has 1 aromatic carbocycles. The fourth-order valence-electron chi connectivity index (χ4n) is 2.07. The second-order valence-electron chi connectivity index (χ2n) is 4.60. The minimum atomic E-state index is -0.356. The monoisotopic (exact) mass is 295 g/mol. The zero-order chi connectivity index (χ0) is 14.5. The zero-order valence-corrected chi connectivity index (χ0v) is 12.3. The number of aryl methyl sites for hydroxylation is 1. The van der Waals surface area contributed by atoms with Crippen LogP contribution in [0.25, 0.3) is 0 Å². The van der Waals surface area contributed by atoms with Crippen LogP contribution in [0.1, 0.15) is 16.3 Å². The zero-order valence-electron chi connectivity index (χ0n) is 11.5. The Morgan fingerprint density at radius 3 is 2.80 bits per heavy atom. The number of methoxy groups -OCH3 is 1. The highest BCUT2D eigenvalue weighted by Gasteiger charge is 2.12. The van der Waals surface area contributed by atoms with Crippen LogP contribution < -0.4 is 16.0 Å². The van der Waals surface area contributed by atoms with Crippen LogP contribution >= 0.6 is 11.3 Å². The number of ether oxygens (including phenoxy) is 1. The molecule has 0 aliphatic heterocycles. The summed E-state index contributed by atoms with van der Waals surface area (Å²) in [6.07, 6.45) is 1.35. The molecule has 0 aliphatic rings. The van der Waals surface area contributed by atoms with Crippen molar-refractivity contribution in [3.05, 3.63) is 45.7 Å². The molecule has 0 fully saturated rings. The average Bonchev–Trinajstić information content (AvgIpc) is 2.83. The van der Waals surface area contributed by atoms with Crippen LogP contribution in [0.4, 0.5) is 4.39 Å². The van der Waals surface area contributed by atoms with Crippen molar-refractivity contribution < 1.29 is 9.13 Å². The summed E-state index contributed by atoms with van der Waals surface area (Å²) in [6.45, 7) is 1.97. The Hall–Kier alpha value is -1.50. The van der Waals surface area contributed by atoms with Crippen LogP contribution in [0.15, 0.2) is 23.6 Å². The molecule has 1 unspecified atom stereocenters.